The summed E-state index contributed by atoms with van der Waals surface area (Å²) in [5.41, 5.74) is 3.54. The van der Waals surface area contributed by atoms with E-state index in [0.717, 1.165) is 77.8 Å². The maximum Gasteiger partial charge on any atom is 0.245 e. The first-order valence-corrected chi connectivity index (χ1v) is 15.8. The summed E-state index contributed by atoms with van der Waals surface area (Å²) >= 11 is 5.02. The Hall–Kier alpha value is -4.58. The minimum absolute atomic E-state index is 0.0340. The molecule has 238 valence electrons. The average Bonchev–Trinajstić information content (AvgIpc) is 3.80. The number of hydrogen-bond donors (Lipinski definition) is 4. The van der Waals surface area contributed by atoms with Gasteiger partial charge in [0.1, 0.15) is 23.0 Å². The fraction of sp³-hybridized carbons (Fsp3) is 0.394. The molecule has 4 heterocycles. The number of furan rings is 2. The van der Waals surface area contributed by atoms with Gasteiger partial charge in [0.2, 0.25) is 11.8 Å². The molecule has 2 saturated heterocycles. The van der Waals surface area contributed by atoms with E-state index in [9.17, 15) is 9.59 Å². The zero-order valence-corrected chi connectivity index (χ0v) is 26.8. The molecule has 4 aromatic rings. The van der Waals surface area contributed by atoms with Crippen LogP contribution in [0.25, 0.3) is 21.9 Å². The summed E-state index contributed by atoms with van der Waals surface area (Å²) in [7, 11) is 3.47. The number of fused-ring (bicyclic) bond motifs is 2. The van der Waals surface area contributed by atoms with Crippen LogP contribution in [0, 0.1) is 6.92 Å². The zero-order valence-electron chi connectivity index (χ0n) is 26.0. The number of rotatable bonds is 5. The maximum atomic E-state index is 13.1. The molecule has 2 aliphatic rings. The largest absolute Gasteiger partial charge is 0.464 e. The summed E-state index contributed by atoms with van der Waals surface area (Å²) in [5.74, 6) is 1.47. The highest BCUT2D eigenvalue weighted by Crippen LogP contribution is 2.23. The number of carbonyl (C=O) groups is 2. The number of carbonyl (C=O) groups excluding carboxylic acids is 2. The van der Waals surface area contributed by atoms with Crippen molar-refractivity contribution < 1.29 is 18.4 Å². The fourth-order valence-corrected chi connectivity index (χ4v) is 5.69. The number of thiocarbonyl (C=S) groups is 1. The summed E-state index contributed by atoms with van der Waals surface area (Å²) in [4.78, 5) is 33.5. The van der Waals surface area contributed by atoms with Gasteiger partial charge in [-0.1, -0.05) is 0 Å². The van der Waals surface area contributed by atoms with E-state index in [1.54, 1.807) is 25.3 Å². The van der Waals surface area contributed by atoms with Gasteiger partial charge in [0.15, 0.2) is 11.1 Å². The van der Waals surface area contributed by atoms with E-state index in [2.05, 4.69) is 26.3 Å². The number of amides is 2. The number of nitrogens with zero attached hydrogens (tertiary/aromatic N) is 3. The van der Waals surface area contributed by atoms with Gasteiger partial charge in [0.25, 0.3) is 0 Å². The van der Waals surface area contributed by atoms with Gasteiger partial charge in [-0.15, -0.1) is 0 Å². The molecule has 11 nitrogen and oxygen atoms in total. The Morgan fingerprint density at radius 3 is 2.42 bits per heavy atom. The van der Waals surface area contributed by atoms with E-state index in [1.807, 2.05) is 60.4 Å². The van der Waals surface area contributed by atoms with Crippen LogP contribution in [0.15, 0.2) is 68.6 Å². The van der Waals surface area contributed by atoms with Crippen molar-refractivity contribution in [2.24, 2.45) is 4.99 Å². The number of likely N-dealkylation sites (tertiary alicyclic amines) is 2. The highest BCUT2D eigenvalue weighted by atomic mass is 32.1. The van der Waals surface area contributed by atoms with Crippen molar-refractivity contribution in [1.29, 1.82) is 0 Å². The molecule has 12 heteroatoms. The van der Waals surface area contributed by atoms with Crippen LogP contribution in [-0.2, 0) is 9.59 Å². The molecule has 0 spiro atoms. The fourth-order valence-electron chi connectivity index (χ4n) is 5.58. The molecule has 2 amide bonds. The van der Waals surface area contributed by atoms with E-state index >= 15 is 0 Å². The molecule has 2 aliphatic heterocycles. The maximum absolute atomic E-state index is 13.1. The number of aliphatic imine (C=N–C) groups is 1. The Balaban J connectivity index is 0.000000223. The van der Waals surface area contributed by atoms with Gasteiger partial charge in [-0.2, -0.15) is 0 Å². The van der Waals surface area contributed by atoms with Crippen LogP contribution in [0.3, 0.4) is 0 Å². The lowest BCUT2D eigenvalue weighted by Crippen LogP contribution is -2.51. The van der Waals surface area contributed by atoms with Crippen LogP contribution in [0.4, 0.5) is 11.4 Å². The molecule has 1 atom stereocenters. The van der Waals surface area contributed by atoms with Gasteiger partial charge in [-0.05, 0) is 99.8 Å². The lowest BCUT2D eigenvalue weighted by Gasteiger charge is -2.27. The first-order valence-electron chi connectivity index (χ1n) is 15.4. The molecule has 0 radical (unpaired) electrons. The Morgan fingerprint density at radius 1 is 0.956 bits per heavy atom. The first kappa shape index (κ1) is 31.8. The summed E-state index contributed by atoms with van der Waals surface area (Å²) in [6.07, 6.45) is 6.31. The predicted molar refractivity (Wildman–Crippen MR) is 183 cm³/mol. The van der Waals surface area contributed by atoms with Crippen molar-refractivity contribution in [3.05, 3.63) is 60.6 Å². The van der Waals surface area contributed by atoms with Gasteiger partial charge in [-0.25, -0.2) is 0 Å². The standard InChI is InChI=1S/C22H29N5O3.C11H12N2OS/c1-23-22(24-17-7-8-19-16(14-17)9-13-30-19)25-18-6-2-3-12-27(21(18)29)15-20(28)26-10-4-5-11-26;1-7-5-8-6-9(13-11(15)12-2)3-4-10(8)14-7/h7-9,13-14,18H,2-6,10-12,15H2,1H3,(H2,23,24,25);3-6H,1-2H3,(H2,12,13,15)/t18-;/m0./s1. The summed E-state index contributed by atoms with van der Waals surface area (Å²) in [6.45, 7) is 4.34. The Kier molecular flexibility index (Phi) is 10.6. The van der Waals surface area contributed by atoms with Crippen LogP contribution in [-0.4, -0.2) is 79.0 Å². The molecule has 0 aliphatic carbocycles. The lowest BCUT2D eigenvalue weighted by molar-refractivity contribution is -0.140. The third kappa shape index (κ3) is 8.33. The molecule has 4 N–H and O–H groups in total. The Bertz CT molecular complexity index is 1670. The van der Waals surface area contributed by atoms with Crippen molar-refractivity contribution in [3.63, 3.8) is 0 Å². The van der Waals surface area contributed by atoms with Crippen LogP contribution < -0.4 is 21.3 Å². The van der Waals surface area contributed by atoms with Crippen LogP contribution in [0.1, 0.15) is 37.9 Å². The molecule has 2 fully saturated rings. The van der Waals surface area contributed by atoms with E-state index < -0.39 is 6.04 Å². The summed E-state index contributed by atoms with van der Waals surface area (Å²) < 4.78 is 10.9. The molecule has 0 unspecified atom stereocenters. The van der Waals surface area contributed by atoms with E-state index in [-0.39, 0.29) is 18.4 Å². The number of anilines is 2. The molecular weight excluding hydrogens is 590 g/mol. The molecule has 6 rings (SSSR count). The van der Waals surface area contributed by atoms with Gasteiger partial charge < -0.3 is 39.9 Å². The third-order valence-corrected chi connectivity index (χ3v) is 8.25. The van der Waals surface area contributed by atoms with Crippen molar-refractivity contribution in [2.45, 2.75) is 45.1 Å². The second-order valence-electron chi connectivity index (χ2n) is 11.2. The molecule has 0 bridgehead atoms. The van der Waals surface area contributed by atoms with E-state index in [1.165, 1.54) is 0 Å². The van der Waals surface area contributed by atoms with Crippen molar-refractivity contribution in [3.8, 4) is 0 Å². The number of benzene rings is 2. The van der Waals surface area contributed by atoms with E-state index in [4.69, 9.17) is 21.1 Å². The SMILES string of the molecule is CN=C(Nc1ccc2occc2c1)N[C@H]1CCCCN(CC(=O)N2CCCC2)C1=O.CNC(=S)Nc1ccc2oc(C)cc2c1. The zero-order chi connectivity index (χ0) is 31.8. The highest BCUT2D eigenvalue weighted by molar-refractivity contribution is 7.80. The molecule has 2 aromatic heterocycles. The Labute approximate surface area is 268 Å². The normalized spacial score (nSPS) is 17.1. The monoisotopic (exact) mass is 631 g/mol. The average molecular weight is 632 g/mol. The molecule has 0 saturated carbocycles. The second-order valence-corrected chi connectivity index (χ2v) is 11.6. The van der Waals surface area contributed by atoms with Crippen LogP contribution in [0.5, 0.6) is 0 Å². The minimum atomic E-state index is -0.400. The van der Waals surface area contributed by atoms with Gasteiger partial charge in [-0.3, -0.25) is 14.6 Å². The molecular formula is C33H41N7O4S. The van der Waals surface area contributed by atoms with Crippen molar-refractivity contribution in [2.75, 3.05) is 50.9 Å². The first-order chi connectivity index (χ1) is 21.8. The highest BCUT2D eigenvalue weighted by Gasteiger charge is 2.30. The quantitative estimate of drug-likeness (QED) is 0.135. The summed E-state index contributed by atoms with van der Waals surface area (Å²) in [6, 6.07) is 15.2. The topological polar surface area (TPSA) is 127 Å². The second kappa shape index (κ2) is 14.9. The third-order valence-electron chi connectivity index (χ3n) is 7.94. The Morgan fingerprint density at radius 2 is 1.67 bits per heavy atom. The minimum Gasteiger partial charge on any atom is -0.464 e. The predicted octanol–water partition coefficient (Wildman–Crippen LogP) is 5.08. The van der Waals surface area contributed by atoms with Crippen molar-refractivity contribution in [1.82, 2.24) is 20.4 Å². The number of nitrogens with one attached hydrogen (secondary N) is 4. The van der Waals surface area contributed by atoms with E-state index in [0.29, 0.717) is 24.0 Å². The summed E-state index contributed by atoms with van der Waals surface area (Å²) in [5, 5.41) is 15.1. The smallest absolute Gasteiger partial charge is 0.245 e. The van der Waals surface area contributed by atoms with Gasteiger partial charge in [0.05, 0.1) is 12.8 Å². The number of guanidine groups is 1. The number of hydrogen-bond acceptors (Lipinski definition) is 6. The van der Waals surface area contributed by atoms with Gasteiger partial charge >= 0.3 is 0 Å². The van der Waals surface area contributed by atoms with Gasteiger partial charge in [0, 0.05) is 55.9 Å². The molecule has 45 heavy (non-hydrogen) atoms. The van der Waals surface area contributed by atoms with Crippen LogP contribution >= 0.6 is 12.2 Å². The van der Waals surface area contributed by atoms with Crippen molar-refractivity contribution >= 4 is 68.4 Å². The lowest BCUT2D eigenvalue weighted by atomic mass is 10.1. The number of aryl methyl sites for hydroxylation is 1. The molecule has 2 aromatic carbocycles. The van der Waals surface area contributed by atoms with Crippen LogP contribution in [0.2, 0.25) is 0 Å².